The van der Waals surface area contributed by atoms with Gasteiger partial charge < -0.3 is 5.32 Å². The molecule has 0 aliphatic carbocycles. The lowest BCUT2D eigenvalue weighted by molar-refractivity contribution is 0.486. The minimum absolute atomic E-state index is 0.297. The van der Waals surface area contributed by atoms with Crippen molar-refractivity contribution in [2.45, 2.75) is 66.3 Å². The first kappa shape index (κ1) is 19.3. The van der Waals surface area contributed by atoms with Crippen molar-refractivity contribution in [2.24, 2.45) is 0 Å². The molecule has 0 spiro atoms. The molecule has 6 nitrogen and oxygen atoms in total. The largest absolute Gasteiger partial charge is 0.373 e. The summed E-state index contributed by atoms with van der Waals surface area (Å²) in [6.07, 6.45) is 1.81. The van der Waals surface area contributed by atoms with Gasteiger partial charge in [0.2, 0.25) is 0 Å². The highest BCUT2D eigenvalue weighted by Gasteiger charge is 2.20. The van der Waals surface area contributed by atoms with Crippen LogP contribution in [-0.4, -0.2) is 31.8 Å². The van der Waals surface area contributed by atoms with Crippen molar-refractivity contribution in [1.82, 2.24) is 24.7 Å². The number of aryl methyl sites for hydroxylation is 2. The van der Waals surface area contributed by atoms with Gasteiger partial charge in [-0.2, -0.15) is 5.10 Å². The van der Waals surface area contributed by atoms with Crippen LogP contribution in [0.3, 0.4) is 0 Å². The van der Waals surface area contributed by atoms with Gasteiger partial charge in [0.05, 0.1) is 23.1 Å². The molecule has 3 heterocycles. The van der Waals surface area contributed by atoms with E-state index in [0.717, 1.165) is 58.2 Å². The maximum Gasteiger partial charge on any atom is 0.177 e. The number of aromatic nitrogens is 5. The summed E-state index contributed by atoms with van der Waals surface area (Å²) in [4.78, 5) is 14.8. The smallest absolute Gasteiger partial charge is 0.177 e. The van der Waals surface area contributed by atoms with Crippen LogP contribution in [0.1, 0.15) is 70.1 Å². The Bertz CT molecular complexity index is 957. The Morgan fingerprint density at radius 2 is 1.81 bits per heavy atom. The van der Waals surface area contributed by atoms with Crippen LogP contribution in [-0.2, 0) is 6.42 Å². The van der Waals surface area contributed by atoms with Gasteiger partial charge in [-0.05, 0) is 44.7 Å². The van der Waals surface area contributed by atoms with Crippen LogP contribution in [0.2, 0.25) is 0 Å². The third-order valence-electron chi connectivity index (χ3n) is 5.11. The third-order valence-corrected chi connectivity index (χ3v) is 5.11. The summed E-state index contributed by atoms with van der Waals surface area (Å²) in [7, 11) is 1.90. The van der Waals surface area contributed by atoms with E-state index in [0.29, 0.717) is 12.0 Å². The predicted octanol–water partition coefficient (Wildman–Crippen LogP) is 4.90. The molecule has 0 bridgehead atoms. The summed E-state index contributed by atoms with van der Waals surface area (Å²) in [5, 5.41) is 7.95. The Kier molecular flexibility index (Phi) is 5.44. The highest BCUT2D eigenvalue weighted by Crippen LogP contribution is 2.31. The van der Waals surface area contributed by atoms with E-state index in [1.165, 1.54) is 0 Å². The summed E-state index contributed by atoms with van der Waals surface area (Å²) < 4.78 is 2.01. The number of rotatable bonds is 6. The average molecular weight is 367 g/mol. The SMILES string of the molecule is CCc1nc2c(nc1-c1ccc(C(C)C)nc1NC)c(C)nn2C(C)CC. The molecule has 3 aromatic heterocycles. The van der Waals surface area contributed by atoms with Crippen molar-refractivity contribution in [2.75, 3.05) is 12.4 Å². The van der Waals surface area contributed by atoms with Gasteiger partial charge in [0.25, 0.3) is 0 Å². The summed E-state index contributed by atoms with van der Waals surface area (Å²) in [6.45, 7) is 12.8. The molecule has 0 saturated heterocycles. The molecule has 0 aliphatic heterocycles. The second-order valence-electron chi connectivity index (χ2n) is 7.37. The normalized spacial score (nSPS) is 12.7. The monoisotopic (exact) mass is 366 g/mol. The first-order chi connectivity index (χ1) is 12.9. The number of hydrogen-bond acceptors (Lipinski definition) is 5. The standard InChI is InChI=1S/C21H30N6/c1-8-13(5)27-21-18(14(6)26-27)25-19(16(9-2)24-21)15-10-11-17(12(3)4)23-20(15)22-7/h10-13H,8-9H2,1-7H3,(H,22,23). The molecule has 3 aromatic rings. The zero-order valence-corrected chi connectivity index (χ0v) is 17.5. The van der Waals surface area contributed by atoms with Gasteiger partial charge in [0.15, 0.2) is 5.65 Å². The lowest BCUT2D eigenvalue weighted by Crippen LogP contribution is -2.08. The summed E-state index contributed by atoms with van der Waals surface area (Å²) in [6, 6.07) is 4.49. The topological polar surface area (TPSA) is 68.5 Å². The fourth-order valence-corrected chi connectivity index (χ4v) is 3.24. The average Bonchev–Trinajstić information content (AvgIpc) is 3.01. The third kappa shape index (κ3) is 3.40. The van der Waals surface area contributed by atoms with Crippen LogP contribution >= 0.6 is 0 Å². The van der Waals surface area contributed by atoms with E-state index in [9.17, 15) is 0 Å². The van der Waals surface area contributed by atoms with E-state index in [2.05, 4.69) is 52.1 Å². The van der Waals surface area contributed by atoms with Crippen LogP contribution in [0.15, 0.2) is 12.1 Å². The summed E-state index contributed by atoms with van der Waals surface area (Å²) in [5.41, 5.74) is 6.59. The fraction of sp³-hybridized carbons (Fsp3) is 0.524. The quantitative estimate of drug-likeness (QED) is 0.672. The van der Waals surface area contributed by atoms with Gasteiger partial charge in [0.1, 0.15) is 11.3 Å². The fourth-order valence-electron chi connectivity index (χ4n) is 3.24. The van der Waals surface area contributed by atoms with Gasteiger partial charge >= 0.3 is 0 Å². The second kappa shape index (κ2) is 7.62. The molecular formula is C21H30N6. The molecule has 0 saturated carbocycles. The molecule has 27 heavy (non-hydrogen) atoms. The molecule has 6 heteroatoms. The molecule has 0 radical (unpaired) electrons. The van der Waals surface area contributed by atoms with Crippen LogP contribution in [0, 0.1) is 6.92 Å². The Morgan fingerprint density at radius 3 is 2.41 bits per heavy atom. The van der Waals surface area contributed by atoms with Gasteiger partial charge in [-0.15, -0.1) is 0 Å². The van der Waals surface area contributed by atoms with E-state index >= 15 is 0 Å². The molecule has 0 aromatic carbocycles. The minimum Gasteiger partial charge on any atom is -0.373 e. The molecule has 0 fully saturated rings. The lowest BCUT2D eigenvalue weighted by Gasteiger charge is -2.15. The maximum absolute atomic E-state index is 5.01. The summed E-state index contributed by atoms with van der Waals surface area (Å²) >= 11 is 0. The predicted molar refractivity (Wildman–Crippen MR) is 111 cm³/mol. The number of nitrogens with one attached hydrogen (secondary N) is 1. The molecular weight excluding hydrogens is 336 g/mol. The number of hydrogen-bond donors (Lipinski definition) is 1. The van der Waals surface area contributed by atoms with E-state index in [4.69, 9.17) is 20.1 Å². The van der Waals surface area contributed by atoms with Crippen molar-refractivity contribution < 1.29 is 0 Å². The van der Waals surface area contributed by atoms with Crippen molar-refractivity contribution in [3.05, 3.63) is 29.2 Å². The second-order valence-corrected chi connectivity index (χ2v) is 7.37. The van der Waals surface area contributed by atoms with Crippen molar-refractivity contribution in [1.29, 1.82) is 0 Å². The van der Waals surface area contributed by atoms with Crippen molar-refractivity contribution in [3.63, 3.8) is 0 Å². The first-order valence-corrected chi connectivity index (χ1v) is 9.85. The van der Waals surface area contributed by atoms with Crippen molar-refractivity contribution >= 4 is 17.0 Å². The molecule has 0 aliphatic rings. The number of nitrogens with zero attached hydrogens (tertiary/aromatic N) is 5. The van der Waals surface area contributed by atoms with Crippen LogP contribution in [0.25, 0.3) is 22.4 Å². The van der Waals surface area contributed by atoms with Crippen LogP contribution in [0.4, 0.5) is 5.82 Å². The zero-order valence-electron chi connectivity index (χ0n) is 17.5. The number of fused-ring (bicyclic) bond motifs is 1. The van der Waals surface area contributed by atoms with E-state index in [1.54, 1.807) is 0 Å². The molecule has 1 atom stereocenters. The highest BCUT2D eigenvalue weighted by molar-refractivity contribution is 5.81. The van der Waals surface area contributed by atoms with Gasteiger partial charge in [-0.3, -0.25) is 0 Å². The first-order valence-electron chi connectivity index (χ1n) is 9.85. The van der Waals surface area contributed by atoms with Crippen molar-refractivity contribution in [3.8, 4) is 11.3 Å². The molecule has 144 valence electrons. The molecule has 3 rings (SSSR count). The Morgan fingerprint density at radius 1 is 1.07 bits per heavy atom. The van der Waals surface area contributed by atoms with E-state index in [-0.39, 0.29) is 0 Å². The van der Waals surface area contributed by atoms with E-state index in [1.807, 2.05) is 18.7 Å². The minimum atomic E-state index is 0.297. The Hall–Kier alpha value is -2.50. The van der Waals surface area contributed by atoms with E-state index < -0.39 is 0 Å². The van der Waals surface area contributed by atoms with Crippen LogP contribution in [0.5, 0.6) is 0 Å². The Balaban J connectivity index is 2.25. The summed E-state index contributed by atoms with van der Waals surface area (Å²) in [5.74, 6) is 1.22. The molecule has 1 N–H and O–H groups in total. The zero-order chi connectivity index (χ0) is 19.7. The van der Waals surface area contributed by atoms with Crippen LogP contribution < -0.4 is 5.32 Å². The van der Waals surface area contributed by atoms with Gasteiger partial charge in [-0.25, -0.2) is 19.6 Å². The van der Waals surface area contributed by atoms with Gasteiger partial charge in [0, 0.05) is 18.3 Å². The lowest BCUT2D eigenvalue weighted by atomic mass is 10.0. The molecule has 0 amide bonds. The number of anilines is 1. The Labute approximate surface area is 161 Å². The number of pyridine rings is 1. The molecule has 1 unspecified atom stereocenters. The highest BCUT2D eigenvalue weighted by atomic mass is 15.3. The maximum atomic E-state index is 5.01. The van der Waals surface area contributed by atoms with Gasteiger partial charge in [-0.1, -0.05) is 27.7 Å².